The van der Waals surface area contributed by atoms with Crippen molar-refractivity contribution in [2.45, 2.75) is 13.5 Å². The predicted octanol–water partition coefficient (Wildman–Crippen LogP) is 1.98. The lowest BCUT2D eigenvalue weighted by Gasteiger charge is -2.22. The van der Waals surface area contributed by atoms with Crippen LogP contribution < -0.4 is 15.5 Å². The molecule has 130 valence electrons. The average Bonchev–Trinajstić information content (AvgIpc) is 2.78. The molecule has 1 aliphatic rings. The van der Waals surface area contributed by atoms with Gasteiger partial charge in [-0.05, 0) is 29.8 Å². The number of carbonyl (C=O) groups is 2. The maximum atomic E-state index is 12.3. The summed E-state index contributed by atoms with van der Waals surface area (Å²) < 4.78 is 0. The van der Waals surface area contributed by atoms with Crippen LogP contribution in [0.4, 0.5) is 11.4 Å². The van der Waals surface area contributed by atoms with Gasteiger partial charge < -0.3 is 15.5 Å². The lowest BCUT2D eigenvalue weighted by Crippen LogP contribution is -2.29. The number of anilines is 2. The van der Waals surface area contributed by atoms with Gasteiger partial charge in [-0.2, -0.15) is 5.26 Å². The van der Waals surface area contributed by atoms with E-state index in [0.717, 1.165) is 11.3 Å². The van der Waals surface area contributed by atoms with Crippen molar-refractivity contribution in [3.05, 3.63) is 59.2 Å². The molecule has 0 bridgehead atoms. The van der Waals surface area contributed by atoms with Crippen LogP contribution in [0.15, 0.2) is 42.5 Å². The minimum Gasteiger partial charge on any atom is -0.358 e. The van der Waals surface area contributed by atoms with Crippen molar-refractivity contribution < 1.29 is 9.59 Å². The Morgan fingerprint density at radius 2 is 2.08 bits per heavy atom. The second-order valence-electron chi connectivity index (χ2n) is 5.99. The zero-order valence-corrected chi connectivity index (χ0v) is 14.2. The minimum atomic E-state index is -0.322. The van der Waals surface area contributed by atoms with E-state index < -0.39 is 0 Å². The second-order valence-corrected chi connectivity index (χ2v) is 5.99. The Balaban J connectivity index is 1.91. The second kappa shape index (κ2) is 7.07. The van der Waals surface area contributed by atoms with E-state index >= 15 is 0 Å². The third-order valence-corrected chi connectivity index (χ3v) is 4.01. The quantitative estimate of drug-likeness (QED) is 0.570. The summed E-state index contributed by atoms with van der Waals surface area (Å²) in [5.74, 6) is -0.524. The number of nitrogens with zero attached hydrogens (tertiary/aromatic N) is 2. The summed E-state index contributed by atoms with van der Waals surface area (Å²) in [6, 6.07) is 14.5. The van der Waals surface area contributed by atoms with Gasteiger partial charge in [-0.15, -0.1) is 0 Å². The first-order chi connectivity index (χ1) is 12.5. The Kier molecular flexibility index (Phi) is 4.67. The lowest BCUT2D eigenvalue weighted by atomic mass is 10.1. The molecule has 0 fully saturated rings. The number of nitrogens with one attached hydrogen (secondary N) is 3. The van der Waals surface area contributed by atoms with E-state index in [-0.39, 0.29) is 24.2 Å². The molecular formula is C19H17N5O2. The van der Waals surface area contributed by atoms with Crippen molar-refractivity contribution >= 4 is 29.0 Å². The SMILES string of the molecule is CC(=O)NC(=N)c1ccc2c(c1)NC(=O)CN(c1cccc(C#N)c1)C2. The van der Waals surface area contributed by atoms with Crippen molar-refractivity contribution in [3.8, 4) is 6.07 Å². The first kappa shape index (κ1) is 17.2. The van der Waals surface area contributed by atoms with Gasteiger partial charge in [0.1, 0.15) is 5.84 Å². The van der Waals surface area contributed by atoms with Crippen molar-refractivity contribution in [1.82, 2.24) is 5.32 Å². The highest BCUT2D eigenvalue weighted by atomic mass is 16.2. The summed E-state index contributed by atoms with van der Waals surface area (Å²) in [6.45, 7) is 1.98. The number of fused-ring (bicyclic) bond motifs is 1. The summed E-state index contributed by atoms with van der Waals surface area (Å²) in [4.78, 5) is 25.3. The van der Waals surface area contributed by atoms with Gasteiger partial charge >= 0.3 is 0 Å². The Morgan fingerprint density at radius 3 is 2.81 bits per heavy atom. The molecule has 1 heterocycles. The van der Waals surface area contributed by atoms with Gasteiger partial charge in [-0.3, -0.25) is 15.0 Å². The van der Waals surface area contributed by atoms with E-state index in [9.17, 15) is 9.59 Å². The van der Waals surface area contributed by atoms with E-state index in [0.29, 0.717) is 23.4 Å². The molecule has 2 amide bonds. The molecule has 2 aromatic rings. The number of rotatable bonds is 2. The Morgan fingerprint density at radius 1 is 1.27 bits per heavy atom. The first-order valence-corrected chi connectivity index (χ1v) is 8.00. The third-order valence-electron chi connectivity index (χ3n) is 4.01. The first-order valence-electron chi connectivity index (χ1n) is 8.00. The van der Waals surface area contributed by atoms with Gasteiger partial charge in [0.2, 0.25) is 11.8 Å². The molecular weight excluding hydrogens is 330 g/mol. The fourth-order valence-electron chi connectivity index (χ4n) is 2.81. The number of benzene rings is 2. The van der Waals surface area contributed by atoms with Crippen LogP contribution in [-0.4, -0.2) is 24.2 Å². The molecule has 0 spiro atoms. The Bertz CT molecular complexity index is 945. The van der Waals surface area contributed by atoms with Gasteiger partial charge in [0, 0.05) is 30.4 Å². The van der Waals surface area contributed by atoms with Gasteiger partial charge in [-0.1, -0.05) is 18.2 Å². The zero-order valence-electron chi connectivity index (χ0n) is 14.2. The van der Waals surface area contributed by atoms with Crippen LogP contribution in [0.2, 0.25) is 0 Å². The Labute approximate surface area is 150 Å². The molecule has 3 rings (SSSR count). The number of hydrogen-bond acceptors (Lipinski definition) is 5. The Hall–Kier alpha value is -3.66. The van der Waals surface area contributed by atoms with Crippen molar-refractivity contribution in [2.75, 3.05) is 16.8 Å². The van der Waals surface area contributed by atoms with Gasteiger partial charge in [-0.25, -0.2) is 0 Å². The summed E-state index contributed by atoms with van der Waals surface area (Å²) >= 11 is 0. The standard InChI is InChI=1S/C19H17N5O2/c1-12(25)22-19(21)14-5-6-15-10-24(11-18(26)23-17(15)8-14)16-4-2-3-13(7-16)9-20/h2-8H,10-11H2,1H3,(H,23,26)(H2,21,22,25). The lowest BCUT2D eigenvalue weighted by molar-refractivity contribution is -0.117. The van der Waals surface area contributed by atoms with Crippen LogP contribution in [-0.2, 0) is 16.1 Å². The summed E-state index contributed by atoms with van der Waals surface area (Å²) in [5, 5.41) is 22.3. The van der Waals surface area contributed by atoms with Crippen LogP contribution >= 0.6 is 0 Å². The molecule has 0 saturated heterocycles. The summed E-state index contributed by atoms with van der Waals surface area (Å²) in [6.07, 6.45) is 0. The summed E-state index contributed by atoms with van der Waals surface area (Å²) in [5.41, 5.74) is 3.34. The monoisotopic (exact) mass is 347 g/mol. The average molecular weight is 347 g/mol. The zero-order chi connectivity index (χ0) is 18.7. The molecule has 0 unspecified atom stereocenters. The molecule has 0 saturated carbocycles. The van der Waals surface area contributed by atoms with Crippen LogP contribution in [0.5, 0.6) is 0 Å². The number of hydrogen-bond donors (Lipinski definition) is 3. The molecule has 3 N–H and O–H groups in total. The van der Waals surface area contributed by atoms with Crippen LogP contribution in [0.1, 0.15) is 23.6 Å². The number of carbonyl (C=O) groups excluding carboxylic acids is 2. The smallest absolute Gasteiger partial charge is 0.243 e. The van der Waals surface area contributed by atoms with Gasteiger partial charge in [0.05, 0.1) is 18.2 Å². The van der Waals surface area contributed by atoms with Crippen molar-refractivity contribution in [3.63, 3.8) is 0 Å². The topological polar surface area (TPSA) is 109 Å². The normalized spacial score (nSPS) is 13.1. The van der Waals surface area contributed by atoms with Crippen molar-refractivity contribution in [2.24, 2.45) is 0 Å². The van der Waals surface area contributed by atoms with Crippen LogP contribution in [0.25, 0.3) is 0 Å². The highest BCUT2D eigenvalue weighted by Crippen LogP contribution is 2.26. The number of nitriles is 1. The molecule has 0 atom stereocenters. The highest BCUT2D eigenvalue weighted by molar-refractivity contribution is 6.07. The fourth-order valence-corrected chi connectivity index (χ4v) is 2.81. The maximum absolute atomic E-state index is 12.3. The van der Waals surface area contributed by atoms with Crippen LogP contribution in [0.3, 0.4) is 0 Å². The van der Waals surface area contributed by atoms with E-state index in [1.807, 2.05) is 17.0 Å². The molecule has 26 heavy (non-hydrogen) atoms. The molecule has 0 aromatic heterocycles. The predicted molar refractivity (Wildman–Crippen MR) is 97.9 cm³/mol. The summed E-state index contributed by atoms with van der Waals surface area (Å²) in [7, 11) is 0. The van der Waals surface area contributed by atoms with E-state index in [4.69, 9.17) is 10.7 Å². The molecule has 7 nitrogen and oxygen atoms in total. The molecule has 2 aromatic carbocycles. The van der Waals surface area contributed by atoms with E-state index in [1.54, 1.807) is 30.3 Å². The molecule has 7 heteroatoms. The minimum absolute atomic E-state index is 0.0163. The number of amides is 2. The van der Waals surface area contributed by atoms with E-state index in [1.165, 1.54) is 6.92 Å². The third kappa shape index (κ3) is 3.70. The molecule has 0 radical (unpaired) electrons. The van der Waals surface area contributed by atoms with Crippen LogP contribution in [0, 0.1) is 16.7 Å². The highest BCUT2D eigenvalue weighted by Gasteiger charge is 2.20. The maximum Gasteiger partial charge on any atom is 0.243 e. The molecule has 0 aliphatic carbocycles. The van der Waals surface area contributed by atoms with Gasteiger partial charge in [0.15, 0.2) is 0 Å². The number of amidine groups is 1. The van der Waals surface area contributed by atoms with Gasteiger partial charge in [0.25, 0.3) is 0 Å². The van der Waals surface area contributed by atoms with Crippen molar-refractivity contribution in [1.29, 1.82) is 10.7 Å². The molecule has 1 aliphatic heterocycles. The largest absolute Gasteiger partial charge is 0.358 e. The fraction of sp³-hybridized carbons (Fsp3) is 0.158. The van der Waals surface area contributed by atoms with E-state index in [2.05, 4.69) is 16.7 Å².